The third-order valence-electron chi connectivity index (χ3n) is 9.57. The summed E-state index contributed by atoms with van der Waals surface area (Å²) >= 11 is 0. The van der Waals surface area contributed by atoms with E-state index in [1.165, 1.54) is 7.41 Å². The normalized spacial score (nSPS) is 19.5. The Kier molecular flexibility index (Phi) is 8.77. The van der Waals surface area contributed by atoms with Crippen molar-refractivity contribution in [2.24, 2.45) is 0 Å². The maximum Gasteiger partial charge on any atom is 0.329 e. The number of carbonyl (C=O) groups excluding carboxylic acids is 1. The number of aryl methyl sites for hydroxylation is 1. The number of rotatable bonds is 9. The lowest BCUT2D eigenvalue weighted by Gasteiger charge is -2.39. The van der Waals surface area contributed by atoms with E-state index in [0.717, 1.165) is 60.4 Å². The van der Waals surface area contributed by atoms with Crippen molar-refractivity contribution >= 4 is 39.4 Å². The van der Waals surface area contributed by atoms with Gasteiger partial charge in [0.15, 0.2) is 8.32 Å². The molecule has 3 aromatic rings. The first-order valence-electron chi connectivity index (χ1n) is 15.4. The Bertz CT molecular complexity index is 1570. The molecule has 10 nitrogen and oxygen atoms in total. The van der Waals surface area contributed by atoms with Gasteiger partial charge < -0.3 is 24.2 Å². The van der Waals surface area contributed by atoms with Gasteiger partial charge in [0, 0.05) is 42.1 Å². The van der Waals surface area contributed by atoms with Crippen LogP contribution in [-0.4, -0.2) is 79.9 Å². The highest BCUT2D eigenvalue weighted by molar-refractivity contribution is 6.74. The first-order valence-corrected chi connectivity index (χ1v) is 18.3. The number of anilines is 3. The van der Waals surface area contributed by atoms with Crippen LogP contribution in [0.3, 0.4) is 0 Å². The maximum atomic E-state index is 11.6. The van der Waals surface area contributed by atoms with Crippen molar-refractivity contribution < 1.29 is 9.22 Å². The van der Waals surface area contributed by atoms with Gasteiger partial charge >= 0.3 is 7.41 Å². The summed E-state index contributed by atoms with van der Waals surface area (Å²) < 4.78 is 8.80. The number of hydrogen-bond acceptors (Lipinski definition) is 9. The number of piperidine rings is 1. The Balaban J connectivity index is 1.49. The fraction of sp³-hybridized carbons (Fsp3) is 0.531. The lowest BCUT2D eigenvalue weighted by Crippen LogP contribution is -2.46. The van der Waals surface area contributed by atoms with E-state index in [9.17, 15) is 10.1 Å². The molecular weight excluding hydrogens is 567 g/mol. The quantitative estimate of drug-likeness (QED) is 0.250. The number of benzene rings is 1. The fourth-order valence-electron chi connectivity index (χ4n) is 5.88. The Morgan fingerprint density at radius 2 is 1.98 bits per heavy atom. The highest BCUT2D eigenvalue weighted by atomic mass is 28.4. The van der Waals surface area contributed by atoms with E-state index in [4.69, 9.17) is 14.5 Å². The molecule has 5 rings (SSSR count). The minimum atomic E-state index is -2.05. The molecule has 2 aromatic heterocycles. The number of nitrogens with zero attached hydrogens (tertiary/aromatic N) is 7. The van der Waals surface area contributed by atoms with E-state index < -0.39 is 13.7 Å². The van der Waals surface area contributed by atoms with Crippen LogP contribution in [0.2, 0.25) is 18.1 Å². The van der Waals surface area contributed by atoms with E-state index in [1.807, 2.05) is 29.9 Å². The predicted octanol–water partition coefficient (Wildman–Crippen LogP) is 5.44. The Morgan fingerprint density at radius 3 is 2.64 bits per heavy atom. The summed E-state index contributed by atoms with van der Waals surface area (Å²) in [6, 6.07) is 10.5. The molecule has 2 aliphatic heterocycles. The van der Waals surface area contributed by atoms with Gasteiger partial charge in [0.25, 0.3) is 0 Å². The van der Waals surface area contributed by atoms with Crippen molar-refractivity contribution in [3.8, 4) is 17.3 Å². The number of carbonyl (C=O) groups is 1. The minimum Gasteiger partial charge on any atom is -0.416 e. The minimum absolute atomic E-state index is 0.0602. The molecule has 0 aliphatic carbocycles. The second kappa shape index (κ2) is 12.1. The summed E-state index contributed by atoms with van der Waals surface area (Å²) in [6.45, 7) is 18.4. The lowest BCUT2D eigenvalue weighted by molar-refractivity contribution is 0.213. The molecule has 44 heavy (non-hydrogen) atoms. The first-order chi connectivity index (χ1) is 20.7. The van der Waals surface area contributed by atoms with Gasteiger partial charge in [-0.05, 0) is 81.8 Å². The predicted molar refractivity (Wildman–Crippen MR) is 179 cm³/mol. The molecule has 0 amide bonds. The molecule has 1 saturated heterocycles. The summed E-state index contributed by atoms with van der Waals surface area (Å²) in [5, 5.41) is 18.5. The highest BCUT2D eigenvalue weighted by Gasteiger charge is 2.44. The first kappa shape index (κ1) is 31.9. The number of likely N-dealkylation sites (tertiary alicyclic amines) is 1. The number of nitriles is 1. The van der Waals surface area contributed by atoms with Crippen LogP contribution >= 0.6 is 0 Å². The van der Waals surface area contributed by atoms with Crippen LogP contribution in [0.5, 0.6) is 0 Å². The van der Waals surface area contributed by atoms with Gasteiger partial charge in [-0.1, -0.05) is 27.7 Å². The lowest BCUT2D eigenvalue weighted by atomic mass is 9.83. The van der Waals surface area contributed by atoms with Crippen molar-refractivity contribution in [1.82, 2.24) is 24.6 Å². The average Bonchev–Trinajstić information content (AvgIpc) is 3.48. The zero-order chi connectivity index (χ0) is 31.9. The number of fused-ring (bicyclic) bond motifs is 1. The Hall–Kier alpha value is -3.53. The third-order valence-corrected chi connectivity index (χ3v) is 14.0. The van der Waals surface area contributed by atoms with E-state index in [1.54, 1.807) is 6.20 Å². The molecule has 1 atom stereocenters. The summed E-state index contributed by atoms with van der Waals surface area (Å²) in [6.07, 6.45) is 4.59. The van der Waals surface area contributed by atoms with Gasteiger partial charge in [0.05, 0.1) is 23.0 Å². The monoisotopic (exact) mass is 611 g/mol. The van der Waals surface area contributed by atoms with E-state index in [0.29, 0.717) is 36.4 Å². The fourth-order valence-corrected chi connectivity index (χ4v) is 6.99. The van der Waals surface area contributed by atoms with Crippen LogP contribution < -0.4 is 10.1 Å². The molecule has 2 aliphatic rings. The molecule has 231 valence electrons. The zero-order valence-corrected chi connectivity index (χ0v) is 28.3. The Morgan fingerprint density at radius 1 is 1.25 bits per heavy atom. The smallest absolute Gasteiger partial charge is 0.329 e. The van der Waals surface area contributed by atoms with Gasteiger partial charge in [-0.25, -0.2) is 14.6 Å². The van der Waals surface area contributed by atoms with Crippen LogP contribution in [0, 0.1) is 18.3 Å². The average molecular weight is 612 g/mol. The van der Waals surface area contributed by atoms with Crippen molar-refractivity contribution in [3.63, 3.8) is 0 Å². The van der Waals surface area contributed by atoms with Gasteiger partial charge in [-0.2, -0.15) is 10.4 Å². The molecule has 0 saturated carbocycles. The second-order valence-electron chi connectivity index (χ2n) is 14.1. The molecule has 4 heterocycles. The number of aromatic nitrogens is 4. The molecule has 1 radical (unpaired) electrons. The zero-order valence-electron chi connectivity index (χ0n) is 27.3. The molecule has 0 bridgehead atoms. The summed E-state index contributed by atoms with van der Waals surface area (Å²) in [5.41, 5.74) is 4.26. The molecule has 1 N–H and O–H groups in total. The van der Waals surface area contributed by atoms with E-state index >= 15 is 0 Å². The van der Waals surface area contributed by atoms with Crippen LogP contribution in [0.25, 0.3) is 11.3 Å². The highest BCUT2D eigenvalue weighted by Crippen LogP contribution is 2.46. The standard InChI is InChI=1S/C32H44BN8O2Si/c1-22-15-28(41(38-22)25-10-13-39(6)14-11-25)37-30-35-12-9-27(36-30)23-16-24(18-34)29-26(17-23)32(5,19-40(29)33-21-42)20-43-44(7,8)31(2,3)4/h9,12,15-17,21,25H,10-11,13-14,19-20H2,1-8H3,(H,35,36,37)/t32-/m1/s1. The molecule has 0 spiro atoms. The van der Waals surface area contributed by atoms with Gasteiger partial charge in [0.2, 0.25) is 5.95 Å². The van der Waals surface area contributed by atoms with Crippen LogP contribution in [0.1, 0.15) is 63.4 Å². The molecule has 12 heteroatoms. The number of hydrogen-bond donors (Lipinski definition) is 1. The number of nitrogens with one attached hydrogen (secondary N) is 1. The molecule has 1 aromatic carbocycles. The summed E-state index contributed by atoms with van der Waals surface area (Å²) in [5.74, 6) is 1.34. The Labute approximate surface area is 263 Å². The van der Waals surface area contributed by atoms with Crippen LogP contribution in [0.15, 0.2) is 30.5 Å². The largest absolute Gasteiger partial charge is 0.416 e. The summed E-state index contributed by atoms with van der Waals surface area (Å²) in [4.78, 5) is 25.3. The summed E-state index contributed by atoms with van der Waals surface area (Å²) in [7, 11) is 1.62. The van der Waals surface area contributed by atoms with Crippen molar-refractivity contribution in [3.05, 3.63) is 47.3 Å². The van der Waals surface area contributed by atoms with Crippen LogP contribution in [-0.2, 0) is 14.6 Å². The second-order valence-corrected chi connectivity index (χ2v) is 18.9. The molecular formula is C32H44BN8O2Si. The SMILES string of the molecule is Cc1cc(Nc2nccc(-c3cc(C#N)c4c(c3)[C@@](C)(CO[Si](C)(C)C(C)(C)C)CN4[B]C=O)n2)n(C2CCN(C)CC2)n1. The van der Waals surface area contributed by atoms with E-state index in [2.05, 4.69) is 79.9 Å². The van der Waals surface area contributed by atoms with Gasteiger partial charge in [-0.15, -0.1) is 0 Å². The van der Waals surface area contributed by atoms with Crippen molar-refractivity contribution in [2.45, 2.75) is 77.0 Å². The van der Waals surface area contributed by atoms with E-state index in [-0.39, 0.29) is 5.04 Å². The third kappa shape index (κ3) is 6.32. The molecule has 0 unspecified atom stereocenters. The van der Waals surface area contributed by atoms with Crippen molar-refractivity contribution in [2.75, 3.05) is 43.4 Å². The van der Waals surface area contributed by atoms with Gasteiger partial charge in [0.1, 0.15) is 18.1 Å². The topological polar surface area (TPSA) is 112 Å². The van der Waals surface area contributed by atoms with Crippen LogP contribution in [0.4, 0.5) is 17.5 Å². The van der Waals surface area contributed by atoms with Crippen molar-refractivity contribution in [1.29, 1.82) is 5.26 Å². The molecule has 1 fully saturated rings. The van der Waals surface area contributed by atoms with Gasteiger partial charge in [-0.3, -0.25) is 0 Å². The maximum absolute atomic E-state index is 11.6.